The zero-order valence-corrected chi connectivity index (χ0v) is 32.5. The van der Waals surface area contributed by atoms with Gasteiger partial charge in [0.15, 0.2) is 0 Å². The number of nitrogens with zero attached hydrogens (tertiary/aromatic N) is 2. The molecule has 6 nitrogen and oxygen atoms in total. The molecule has 0 N–H and O–H groups in total. The molecule has 3 aromatic heterocycles. The molecule has 250 valence electrons. The number of rotatable bonds is 10. The van der Waals surface area contributed by atoms with Crippen molar-refractivity contribution >= 4 is 45.4 Å². The monoisotopic (exact) mass is 690 g/mol. The predicted octanol–water partition coefficient (Wildman–Crippen LogP) is 10.6. The highest BCUT2D eigenvalue weighted by atomic mass is 32.1. The molecule has 0 bridgehead atoms. The molecule has 3 heterocycles. The Morgan fingerprint density at radius 3 is 0.809 bits per heavy atom. The lowest BCUT2D eigenvalue weighted by atomic mass is 10.0. The summed E-state index contributed by atoms with van der Waals surface area (Å²) in [5.41, 5.74) is 11.8. The Bertz CT molecular complexity index is 1770. The van der Waals surface area contributed by atoms with Crippen LogP contribution in [0.3, 0.4) is 0 Å². The summed E-state index contributed by atoms with van der Waals surface area (Å²) in [6.45, 7) is 13.4. The number of benzene rings is 2. The molecule has 2 aromatic carbocycles. The Kier molecular flexibility index (Phi) is 9.92. The predicted molar refractivity (Wildman–Crippen MR) is 205 cm³/mol. The molecule has 5 rings (SSSR count). The van der Waals surface area contributed by atoms with Crippen LogP contribution < -0.4 is 28.7 Å². The molecule has 0 unspecified atom stereocenters. The van der Waals surface area contributed by atoms with Crippen molar-refractivity contribution < 1.29 is 18.9 Å². The molecule has 0 saturated heterocycles. The minimum absolute atomic E-state index is 0.811. The summed E-state index contributed by atoms with van der Waals surface area (Å²) in [4.78, 5) is 11.7. The lowest BCUT2D eigenvalue weighted by Gasteiger charge is -2.19. The minimum Gasteiger partial charge on any atom is -0.496 e. The number of anilines is 2. The first kappa shape index (κ1) is 34.7. The largest absolute Gasteiger partial charge is 0.496 e. The van der Waals surface area contributed by atoms with Gasteiger partial charge in [0.2, 0.25) is 0 Å². The highest BCUT2D eigenvalue weighted by molar-refractivity contribution is 7.28. The third-order valence-corrected chi connectivity index (χ3v) is 13.8. The summed E-state index contributed by atoms with van der Waals surface area (Å²) < 4.78 is 23.8. The second-order valence-electron chi connectivity index (χ2n) is 12.3. The maximum Gasteiger partial charge on any atom is 0.133 e. The third kappa shape index (κ3) is 5.87. The normalized spacial score (nSPS) is 11.2. The molecule has 9 heteroatoms. The van der Waals surface area contributed by atoms with Crippen molar-refractivity contribution in [1.29, 1.82) is 0 Å². The van der Waals surface area contributed by atoms with Crippen LogP contribution in [0.25, 0.3) is 40.4 Å². The highest BCUT2D eigenvalue weighted by Gasteiger charge is 2.28. The zero-order valence-electron chi connectivity index (χ0n) is 30.1. The van der Waals surface area contributed by atoms with E-state index in [4.69, 9.17) is 18.9 Å². The van der Waals surface area contributed by atoms with Crippen molar-refractivity contribution in [2.24, 2.45) is 0 Å². The van der Waals surface area contributed by atoms with E-state index in [2.05, 4.69) is 75.6 Å². The van der Waals surface area contributed by atoms with Gasteiger partial charge in [-0.3, -0.25) is 0 Å². The fourth-order valence-corrected chi connectivity index (χ4v) is 10.4. The molecule has 0 aliphatic rings. The van der Waals surface area contributed by atoms with Crippen LogP contribution in [0, 0.1) is 41.5 Å². The SMILES string of the molecule is COc1cc(N(C)C)cc(OC)c1-c1sc(-c2sc(-c3sc(-c4c(OC)cc(N(C)C)cc4OC)c(C)c3C)c(C)c2C)c(C)c1C. The molecule has 0 amide bonds. The first-order valence-corrected chi connectivity index (χ1v) is 17.9. The van der Waals surface area contributed by atoms with Gasteiger partial charge in [-0.25, -0.2) is 0 Å². The molecule has 0 fully saturated rings. The quantitative estimate of drug-likeness (QED) is 0.145. The van der Waals surface area contributed by atoms with Gasteiger partial charge in [-0.2, -0.15) is 0 Å². The van der Waals surface area contributed by atoms with Gasteiger partial charge in [0, 0.05) is 93.1 Å². The molecule has 0 aliphatic carbocycles. The van der Waals surface area contributed by atoms with Crippen LogP contribution in [0.4, 0.5) is 11.4 Å². The van der Waals surface area contributed by atoms with Crippen molar-refractivity contribution in [2.45, 2.75) is 41.5 Å². The number of thiophene rings is 3. The van der Waals surface area contributed by atoms with Gasteiger partial charge in [0.25, 0.3) is 0 Å². The summed E-state index contributed by atoms with van der Waals surface area (Å²) in [6.07, 6.45) is 0. The molecular weight excluding hydrogens is 645 g/mol. The molecule has 5 aromatic rings. The minimum atomic E-state index is 0.811. The molecule has 0 spiro atoms. The highest BCUT2D eigenvalue weighted by Crippen LogP contribution is 2.55. The number of methoxy groups -OCH3 is 4. The van der Waals surface area contributed by atoms with E-state index in [-0.39, 0.29) is 0 Å². The van der Waals surface area contributed by atoms with Crippen LogP contribution >= 0.6 is 34.0 Å². The van der Waals surface area contributed by atoms with E-state index in [0.29, 0.717) is 0 Å². The molecule has 0 saturated carbocycles. The van der Waals surface area contributed by atoms with Crippen LogP contribution in [0.15, 0.2) is 24.3 Å². The van der Waals surface area contributed by atoms with Crippen molar-refractivity contribution in [3.63, 3.8) is 0 Å². The molecule has 0 radical (unpaired) electrons. The van der Waals surface area contributed by atoms with Crippen molar-refractivity contribution in [3.05, 3.63) is 57.6 Å². The molecular formula is C38H46N2O4S3. The Balaban J connectivity index is 1.67. The van der Waals surface area contributed by atoms with Crippen LogP contribution in [0.5, 0.6) is 23.0 Å². The summed E-state index contributed by atoms with van der Waals surface area (Å²) in [6, 6.07) is 8.34. The van der Waals surface area contributed by atoms with Gasteiger partial charge >= 0.3 is 0 Å². The van der Waals surface area contributed by atoms with Gasteiger partial charge in [-0.1, -0.05) is 0 Å². The third-order valence-electron chi connectivity index (χ3n) is 9.22. The summed E-state index contributed by atoms with van der Waals surface area (Å²) in [5.74, 6) is 3.24. The van der Waals surface area contributed by atoms with Crippen molar-refractivity contribution in [1.82, 2.24) is 0 Å². The molecule has 0 atom stereocenters. The Hall–Kier alpha value is -3.66. The fourth-order valence-electron chi connectivity index (χ4n) is 5.89. The van der Waals surface area contributed by atoms with Crippen LogP contribution in [0.1, 0.15) is 33.4 Å². The fraction of sp³-hybridized carbons (Fsp3) is 0.368. The first-order chi connectivity index (χ1) is 22.3. The van der Waals surface area contributed by atoms with E-state index in [1.54, 1.807) is 28.4 Å². The van der Waals surface area contributed by atoms with Gasteiger partial charge in [0.05, 0.1) is 39.6 Å². The van der Waals surface area contributed by atoms with E-state index in [0.717, 1.165) is 45.5 Å². The van der Waals surface area contributed by atoms with Gasteiger partial charge in [-0.15, -0.1) is 34.0 Å². The Morgan fingerprint density at radius 1 is 0.383 bits per heavy atom. The van der Waals surface area contributed by atoms with Gasteiger partial charge in [-0.05, 0) is 74.9 Å². The lowest BCUT2D eigenvalue weighted by molar-refractivity contribution is 0.397. The number of hydrogen-bond donors (Lipinski definition) is 0. The maximum absolute atomic E-state index is 5.95. The summed E-state index contributed by atoms with van der Waals surface area (Å²) in [7, 11) is 15.0. The molecule has 0 aliphatic heterocycles. The Morgan fingerprint density at radius 2 is 0.596 bits per heavy atom. The van der Waals surface area contributed by atoms with Crippen molar-refractivity contribution in [2.75, 3.05) is 66.4 Å². The zero-order chi connectivity index (χ0) is 34.5. The van der Waals surface area contributed by atoms with Crippen LogP contribution in [-0.2, 0) is 0 Å². The summed E-state index contributed by atoms with van der Waals surface area (Å²) >= 11 is 5.54. The number of hydrogen-bond acceptors (Lipinski definition) is 9. The topological polar surface area (TPSA) is 43.4 Å². The molecule has 47 heavy (non-hydrogen) atoms. The Labute approximate surface area is 292 Å². The average Bonchev–Trinajstić information content (AvgIpc) is 3.63. The van der Waals surface area contributed by atoms with Crippen molar-refractivity contribution in [3.8, 4) is 63.4 Å². The number of ether oxygens (including phenoxy) is 4. The van der Waals surface area contributed by atoms with E-state index in [1.807, 2.05) is 62.2 Å². The smallest absolute Gasteiger partial charge is 0.133 e. The average molecular weight is 691 g/mol. The van der Waals surface area contributed by atoms with E-state index < -0.39 is 0 Å². The van der Waals surface area contributed by atoms with E-state index in [9.17, 15) is 0 Å². The van der Waals surface area contributed by atoms with Gasteiger partial charge in [0.1, 0.15) is 23.0 Å². The second kappa shape index (κ2) is 13.5. The van der Waals surface area contributed by atoms with Gasteiger partial charge < -0.3 is 28.7 Å². The lowest BCUT2D eigenvalue weighted by Crippen LogP contribution is -2.09. The maximum atomic E-state index is 5.95. The van der Waals surface area contributed by atoms with Crippen LogP contribution in [0.2, 0.25) is 0 Å². The first-order valence-electron chi connectivity index (χ1n) is 15.5. The van der Waals surface area contributed by atoms with E-state index in [1.165, 1.54) is 62.6 Å². The second-order valence-corrected chi connectivity index (χ2v) is 15.3. The standard InChI is InChI=1S/C38H46N2O4S3/c1-19-21(3)35(45-33(19)31-27(41-11)15-25(39(7)8)16-28(31)42-12)37-23(5)24(6)38(47-37)36-22(4)20(2)34(46-36)32-29(43-13)17-26(40(9)10)18-30(32)44-14/h15-18H,1-14H3. The van der Waals surface area contributed by atoms with Crippen LogP contribution in [-0.4, -0.2) is 56.6 Å². The summed E-state index contributed by atoms with van der Waals surface area (Å²) in [5, 5.41) is 0. The van der Waals surface area contributed by atoms with E-state index >= 15 is 0 Å².